The summed E-state index contributed by atoms with van der Waals surface area (Å²) in [6, 6.07) is 3.59. The summed E-state index contributed by atoms with van der Waals surface area (Å²) in [4.78, 5) is 6.21. The number of halogens is 1. The van der Waals surface area contributed by atoms with E-state index in [1.807, 2.05) is 18.0 Å². The van der Waals surface area contributed by atoms with Crippen LogP contribution in [0.2, 0.25) is 5.02 Å². The Morgan fingerprint density at radius 1 is 1.53 bits per heavy atom. The number of aliphatic hydroxyl groups is 1. The van der Waals surface area contributed by atoms with Gasteiger partial charge in [0.25, 0.3) is 0 Å². The lowest BCUT2D eigenvalue weighted by Gasteiger charge is -2.25. The Bertz CT molecular complexity index is 323. The van der Waals surface area contributed by atoms with Gasteiger partial charge in [0.05, 0.1) is 11.3 Å². The summed E-state index contributed by atoms with van der Waals surface area (Å²) in [5.74, 6) is 0. The molecule has 1 aromatic rings. The zero-order chi connectivity index (χ0) is 11.5. The molecular weight excluding hydrogens is 212 g/mol. The van der Waals surface area contributed by atoms with Gasteiger partial charge in [0.1, 0.15) is 0 Å². The van der Waals surface area contributed by atoms with E-state index in [2.05, 4.69) is 4.98 Å². The highest BCUT2D eigenvalue weighted by molar-refractivity contribution is 6.30. The van der Waals surface area contributed by atoms with Crippen LogP contribution >= 0.6 is 11.6 Å². The zero-order valence-corrected chi connectivity index (χ0v) is 10.1. The van der Waals surface area contributed by atoms with E-state index in [1.54, 1.807) is 26.1 Å². The van der Waals surface area contributed by atoms with Crippen molar-refractivity contribution in [3.05, 3.63) is 29.0 Å². The van der Waals surface area contributed by atoms with Crippen LogP contribution in [0, 0.1) is 0 Å². The molecule has 84 valence electrons. The average Bonchev–Trinajstić information content (AvgIpc) is 1.99. The molecule has 0 aromatic carbocycles. The minimum absolute atomic E-state index is 0.598. The van der Waals surface area contributed by atoms with Crippen molar-refractivity contribution in [1.82, 2.24) is 9.88 Å². The zero-order valence-electron chi connectivity index (χ0n) is 9.37. The first-order valence-corrected chi connectivity index (χ1v) is 5.26. The predicted octanol–water partition coefficient (Wildman–Crippen LogP) is 1.94. The van der Waals surface area contributed by atoms with Gasteiger partial charge in [-0.25, -0.2) is 0 Å². The summed E-state index contributed by atoms with van der Waals surface area (Å²) >= 11 is 5.85. The maximum Gasteiger partial charge on any atom is 0.0718 e. The lowest BCUT2D eigenvalue weighted by Crippen LogP contribution is -2.35. The monoisotopic (exact) mass is 228 g/mol. The third-order valence-electron chi connectivity index (χ3n) is 1.87. The molecule has 1 N–H and O–H groups in total. The van der Waals surface area contributed by atoms with Crippen molar-refractivity contribution >= 4 is 11.6 Å². The van der Waals surface area contributed by atoms with Crippen LogP contribution in [-0.4, -0.2) is 34.2 Å². The molecule has 1 rings (SSSR count). The first kappa shape index (κ1) is 12.4. The number of likely N-dealkylation sites (N-methyl/N-ethyl adjacent to an activating group) is 1. The Morgan fingerprint density at radius 2 is 2.20 bits per heavy atom. The molecule has 0 spiro atoms. The molecule has 1 heterocycles. The van der Waals surface area contributed by atoms with Crippen LogP contribution in [0.3, 0.4) is 0 Å². The maximum atomic E-state index is 9.63. The van der Waals surface area contributed by atoms with Crippen LogP contribution in [0.25, 0.3) is 0 Å². The van der Waals surface area contributed by atoms with Crippen LogP contribution in [0.5, 0.6) is 0 Å². The first-order chi connectivity index (χ1) is 6.87. The van der Waals surface area contributed by atoms with Gasteiger partial charge in [0.15, 0.2) is 0 Å². The molecule has 0 saturated heterocycles. The van der Waals surface area contributed by atoms with E-state index < -0.39 is 5.60 Å². The molecule has 0 aliphatic rings. The van der Waals surface area contributed by atoms with Crippen molar-refractivity contribution in [1.29, 1.82) is 0 Å². The summed E-state index contributed by atoms with van der Waals surface area (Å²) in [6.07, 6.45) is 1.69. The number of hydrogen-bond acceptors (Lipinski definition) is 3. The Labute approximate surface area is 95.7 Å². The van der Waals surface area contributed by atoms with Crippen molar-refractivity contribution < 1.29 is 5.11 Å². The molecule has 0 aliphatic carbocycles. The van der Waals surface area contributed by atoms with Crippen LogP contribution in [0.1, 0.15) is 19.5 Å². The quantitative estimate of drug-likeness (QED) is 0.856. The molecule has 3 nitrogen and oxygen atoms in total. The maximum absolute atomic E-state index is 9.63. The Morgan fingerprint density at radius 3 is 2.73 bits per heavy atom. The third kappa shape index (κ3) is 5.11. The second-order valence-corrected chi connectivity index (χ2v) is 4.89. The second kappa shape index (κ2) is 4.92. The van der Waals surface area contributed by atoms with E-state index in [4.69, 9.17) is 11.6 Å². The largest absolute Gasteiger partial charge is 0.389 e. The van der Waals surface area contributed by atoms with E-state index >= 15 is 0 Å². The standard InChI is InChI=1S/C11H17ClN2O/c1-11(2,15)8-14(3)7-10-6-9(12)4-5-13-10/h4-6,15H,7-8H2,1-3H3. The van der Waals surface area contributed by atoms with Gasteiger partial charge in [-0.3, -0.25) is 9.88 Å². The molecule has 0 atom stereocenters. The average molecular weight is 229 g/mol. The molecular formula is C11H17ClN2O. The summed E-state index contributed by atoms with van der Waals surface area (Å²) in [6.45, 7) is 4.86. The normalized spacial score (nSPS) is 12.1. The summed E-state index contributed by atoms with van der Waals surface area (Å²) in [5.41, 5.74) is 0.224. The molecule has 0 aliphatic heterocycles. The lowest BCUT2D eigenvalue weighted by atomic mass is 10.1. The van der Waals surface area contributed by atoms with E-state index in [1.165, 1.54) is 0 Å². The molecule has 0 bridgehead atoms. The van der Waals surface area contributed by atoms with Gasteiger partial charge >= 0.3 is 0 Å². The van der Waals surface area contributed by atoms with Crippen LogP contribution in [0.4, 0.5) is 0 Å². The van der Waals surface area contributed by atoms with E-state index in [0.717, 1.165) is 5.69 Å². The highest BCUT2D eigenvalue weighted by Crippen LogP contribution is 2.11. The molecule has 0 saturated carbocycles. The van der Waals surface area contributed by atoms with Gasteiger partial charge in [-0.1, -0.05) is 11.6 Å². The van der Waals surface area contributed by atoms with E-state index in [0.29, 0.717) is 18.1 Å². The number of hydrogen-bond donors (Lipinski definition) is 1. The SMILES string of the molecule is CN(Cc1cc(Cl)ccn1)CC(C)(C)O. The van der Waals surface area contributed by atoms with Crippen LogP contribution < -0.4 is 0 Å². The summed E-state index contributed by atoms with van der Waals surface area (Å²) < 4.78 is 0. The topological polar surface area (TPSA) is 36.4 Å². The fraction of sp³-hybridized carbons (Fsp3) is 0.545. The van der Waals surface area contributed by atoms with Gasteiger partial charge in [-0.15, -0.1) is 0 Å². The van der Waals surface area contributed by atoms with E-state index in [9.17, 15) is 5.11 Å². The Kier molecular flexibility index (Phi) is 4.08. The summed E-state index contributed by atoms with van der Waals surface area (Å²) in [7, 11) is 1.94. The third-order valence-corrected chi connectivity index (χ3v) is 2.10. The van der Waals surface area contributed by atoms with Crippen molar-refractivity contribution in [3.63, 3.8) is 0 Å². The fourth-order valence-corrected chi connectivity index (χ4v) is 1.71. The van der Waals surface area contributed by atoms with E-state index in [-0.39, 0.29) is 0 Å². The first-order valence-electron chi connectivity index (χ1n) is 4.88. The molecule has 0 amide bonds. The van der Waals surface area contributed by atoms with Gasteiger partial charge < -0.3 is 5.11 Å². The minimum atomic E-state index is -0.687. The number of rotatable bonds is 4. The van der Waals surface area contributed by atoms with Gasteiger partial charge in [-0.05, 0) is 33.0 Å². The molecule has 0 radical (unpaired) electrons. The second-order valence-electron chi connectivity index (χ2n) is 4.45. The molecule has 4 heteroatoms. The molecule has 0 fully saturated rings. The minimum Gasteiger partial charge on any atom is -0.389 e. The van der Waals surface area contributed by atoms with Gasteiger partial charge in [-0.2, -0.15) is 0 Å². The van der Waals surface area contributed by atoms with Crippen LogP contribution in [-0.2, 0) is 6.54 Å². The van der Waals surface area contributed by atoms with Gasteiger partial charge in [0, 0.05) is 24.3 Å². The Balaban J connectivity index is 2.55. The lowest BCUT2D eigenvalue weighted by molar-refractivity contribution is 0.0421. The molecule has 15 heavy (non-hydrogen) atoms. The van der Waals surface area contributed by atoms with Crippen molar-refractivity contribution in [2.45, 2.75) is 26.0 Å². The highest BCUT2D eigenvalue weighted by atomic mass is 35.5. The predicted molar refractivity (Wildman–Crippen MR) is 61.9 cm³/mol. The molecule has 1 aromatic heterocycles. The highest BCUT2D eigenvalue weighted by Gasteiger charge is 2.15. The smallest absolute Gasteiger partial charge is 0.0718 e. The number of aromatic nitrogens is 1. The number of nitrogens with zero attached hydrogens (tertiary/aromatic N) is 2. The van der Waals surface area contributed by atoms with Crippen molar-refractivity contribution in [2.75, 3.05) is 13.6 Å². The van der Waals surface area contributed by atoms with Gasteiger partial charge in [0.2, 0.25) is 0 Å². The molecule has 0 unspecified atom stereocenters. The number of pyridine rings is 1. The summed E-state index contributed by atoms with van der Waals surface area (Å²) in [5, 5.41) is 10.3. The fourth-order valence-electron chi connectivity index (χ4n) is 1.53. The van der Waals surface area contributed by atoms with Crippen LogP contribution in [0.15, 0.2) is 18.3 Å². The van der Waals surface area contributed by atoms with Crippen molar-refractivity contribution in [3.8, 4) is 0 Å². The van der Waals surface area contributed by atoms with Crippen molar-refractivity contribution in [2.24, 2.45) is 0 Å². The Hall–Kier alpha value is -0.640.